The highest BCUT2D eigenvalue weighted by atomic mass is 127. The van der Waals surface area contributed by atoms with Crippen LogP contribution >= 0.6 is 38.5 Å². The third-order valence-corrected chi connectivity index (χ3v) is 5.79. The Labute approximate surface area is 117 Å². The summed E-state index contributed by atoms with van der Waals surface area (Å²) in [5.41, 5.74) is 1.20. The van der Waals surface area contributed by atoms with Gasteiger partial charge in [0.2, 0.25) is 0 Å². The van der Waals surface area contributed by atoms with E-state index in [2.05, 4.69) is 43.5 Å². The van der Waals surface area contributed by atoms with Crippen LogP contribution in [0.3, 0.4) is 0 Å². The average Bonchev–Trinajstić information content (AvgIpc) is 2.23. The summed E-state index contributed by atoms with van der Waals surface area (Å²) in [5.74, 6) is 0. The molecule has 88 valence electrons. The Bertz CT molecular complexity index is 448. The third-order valence-electron chi connectivity index (χ3n) is 3.36. The second-order valence-corrected chi connectivity index (χ2v) is 6.20. The molecular weight excluding hydrogens is 383 g/mol. The van der Waals surface area contributed by atoms with Gasteiger partial charge in [-0.1, -0.05) is 22.4 Å². The summed E-state index contributed by atoms with van der Waals surface area (Å²) in [6.45, 7) is 2.66. The lowest BCUT2D eigenvalue weighted by atomic mass is 9.70. The zero-order chi connectivity index (χ0) is 11.8. The fraction of sp³-hybridized carbons (Fsp3) is 0.636. The fourth-order valence-corrected chi connectivity index (χ4v) is 3.22. The Hall–Kier alpha value is 0.0900. The zero-order valence-corrected chi connectivity index (χ0v) is 12.9. The molecule has 1 fully saturated rings. The van der Waals surface area contributed by atoms with Crippen molar-refractivity contribution in [2.45, 2.75) is 32.7 Å². The minimum absolute atomic E-state index is 0.0975. The molecule has 1 saturated carbocycles. The zero-order valence-electron chi connectivity index (χ0n) is 9.17. The Morgan fingerprint density at radius 2 is 2.31 bits per heavy atom. The molecule has 1 aliphatic rings. The molecule has 0 bridgehead atoms. The number of hydrogen-bond acceptors (Lipinski definition) is 2. The quantitative estimate of drug-likeness (QED) is 0.581. The summed E-state index contributed by atoms with van der Waals surface area (Å²) >= 11 is 5.64. The van der Waals surface area contributed by atoms with Crippen LogP contribution in [0.2, 0.25) is 0 Å². The molecule has 0 spiro atoms. The molecule has 1 aromatic heterocycles. The van der Waals surface area contributed by atoms with Crippen molar-refractivity contribution in [3.63, 3.8) is 0 Å². The smallest absolute Gasteiger partial charge is 0.267 e. The van der Waals surface area contributed by atoms with Crippen molar-refractivity contribution in [3.8, 4) is 0 Å². The van der Waals surface area contributed by atoms with E-state index in [0.29, 0.717) is 0 Å². The Kier molecular flexibility index (Phi) is 3.73. The molecule has 0 atom stereocenters. The van der Waals surface area contributed by atoms with Crippen LogP contribution in [0.4, 0.5) is 0 Å². The maximum absolute atomic E-state index is 12.0. The molecule has 0 amide bonds. The molecule has 1 aromatic rings. The summed E-state index contributed by atoms with van der Waals surface area (Å²) in [5, 5.41) is 0.969. The van der Waals surface area contributed by atoms with Gasteiger partial charge in [0, 0.05) is 11.9 Å². The molecule has 0 aliphatic heterocycles. The maximum atomic E-state index is 12.0. The average molecular weight is 397 g/mol. The molecule has 0 aromatic carbocycles. The lowest BCUT2D eigenvalue weighted by Gasteiger charge is -2.40. The van der Waals surface area contributed by atoms with Gasteiger partial charge in [0.25, 0.3) is 5.56 Å². The normalized spacial score (nSPS) is 18.2. The lowest BCUT2D eigenvalue weighted by molar-refractivity contribution is 0.137. The number of halogens is 2. The van der Waals surface area contributed by atoms with E-state index in [-0.39, 0.29) is 11.0 Å². The van der Waals surface area contributed by atoms with Crippen LogP contribution in [-0.2, 0) is 6.54 Å². The van der Waals surface area contributed by atoms with Gasteiger partial charge >= 0.3 is 0 Å². The van der Waals surface area contributed by atoms with Gasteiger partial charge in [-0.05, 0) is 47.8 Å². The van der Waals surface area contributed by atoms with E-state index in [1.807, 2.05) is 6.92 Å². The first kappa shape index (κ1) is 12.5. The number of nitrogens with zero attached hydrogens (tertiary/aromatic N) is 2. The molecule has 0 saturated heterocycles. The van der Waals surface area contributed by atoms with Gasteiger partial charge in [-0.2, -0.15) is 0 Å². The second-order valence-electron chi connectivity index (χ2n) is 4.56. The van der Waals surface area contributed by atoms with Gasteiger partial charge in [0.1, 0.15) is 0 Å². The third kappa shape index (κ3) is 2.20. The predicted molar refractivity (Wildman–Crippen MR) is 76.0 cm³/mol. The highest BCUT2D eigenvalue weighted by Crippen LogP contribution is 2.43. The van der Waals surface area contributed by atoms with Gasteiger partial charge < -0.3 is 0 Å². The van der Waals surface area contributed by atoms with Gasteiger partial charge in [-0.3, -0.25) is 9.36 Å². The Balaban J connectivity index is 2.29. The van der Waals surface area contributed by atoms with Gasteiger partial charge in [0.15, 0.2) is 0 Å². The number of aryl methyl sites for hydroxylation is 1. The van der Waals surface area contributed by atoms with E-state index in [0.717, 1.165) is 21.1 Å². The summed E-state index contributed by atoms with van der Waals surface area (Å²) in [6, 6.07) is 0. The van der Waals surface area contributed by atoms with Crippen molar-refractivity contribution in [3.05, 3.63) is 25.9 Å². The lowest BCUT2D eigenvalue weighted by Crippen LogP contribution is -2.39. The van der Waals surface area contributed by atoms with Gasteiger partial charge in [-0.15, -0.1) is 0 Å². The van der Waals surface area contributed by atoms with Crippen LogP contribution in [0.5, 0.6) is 0 Å². The molecule has 3 nitrogen and oxygen atoms in total. The molecule has 1 heterocycles. The van der Waals surface area contributed by atoms with Crippen molar-refractivity contribution < 1.29 is 0 Å². The number of aromatic nitrogens is 2. The highest BCUT2D eigenvalue weighted by Gasteiger charge is 2.36. The van der Waals surface area contributed by atoms with E-state index in [1.54, 1.807) is 10.9 Å². The summed E-state index contributed by atoms with van der Waals surface area (Å²) in [6.07, 6.45) is 5.36. The van der Waals surface area contributed by atoms with E-state index < -0.39 is 0 Å². The van der Waals surface area contributed by atoms with Gasteiger partial charge in [-0.25, -0.2) is 4.98 Å². The highest BCUT2D eigenvalue weighted by molar-refractivity contribution is 14.1. The standard InChI is InChI=1S/C11H14BrIN2O/c1-8-9(13)10(16)15(7-14-8)6-11(5-12)3-2-4-11/h7H,2-6H2,1H3. The first-order valence-electron chi connectivity index (χ1n) is 5.35. The Morgan fingerprint density at radius 1 is 1.62 bits per heavy atom. The molecule has 16 heavy (non-hydrogen) atoms. The monoisotopic (exact) mass is 396 g/mol. The first-order valence-corrected chi connectivity index (χ1v) is 7.55. The first-order chi connectivity index (χ1) is 7.58. The van der Waals surface area contributed by atoms with Crippen molar-refractivity contribution in [1.82, 2.24) is 9.55 Å². The van der Waals surface area contributed by atoms with Gasteiger partial charge in [0.05, 0.1) is 15.6 Å². The molecule has 2 rings (SSSR count). The van der Waals surface area contributed by atoms with Crippen LogP contribution in [0.25, 0.3) is 0 Å². The van der Waals surface area contributed by atoms with Crippen molar-refractivity contribution in [2.24, 2.45) is 5.41 Å². The Morgan fingerprint density at radius 3 is 2.81 bits per heavy atom. The molecule has 0 unspecified atom stereocenters. The number of alkyl halides is 1. The predicted octanol–water partition coefficient (Wildman–Crippen LogP) is 2.72. The SMILES string of the molecule is Cc1ncn(CC2(CBr)CCC2)c(=O)c1I. The second kappa shape index (κ2) is 4.76. The van der Waals surface area contributed by atoms with Crippen molar-refractivity contribution >= 4 is 38.5 Å². The minimum atomic E-state index is 0.0975. The van der Waals surface area contributed by atoms with Crippen LogP contribution in [-0.4, -0.2) is 14.9 Å². The molecular formula is C11H14BrIN2O. The van der Waals surface area contributed by atoms with Crippen molar-refractivity contribution in [1.29, 1.82) is 0 Å². The summed E-state index contributed by atoms with van der Waals surface area (Å²) < 4.78 is 2.50. The summed E-state index contributed by atoms with van der Waals surface area (Å²) in [7, 11) is 0. The molecule has 0 N–H and O–H groups in total. The van der Waals surface area contributed by atoms with E-state index >= 15 is 0 Å². The van der Waals surface area contributed by atoms with Crippen LogP contribution in [0.15, 0.2) is 11.1 Å². The van der Waals surface area contributed by atoms with Crippen molar-refractivity contribution in [2.75, 3.05) is 5.33 Å². The number of hydrogen-bond donors (Lipinski definition) is 0. The molecule has 5 heteroatoms. The number of rotatable bonds is 3. The molecule has 0 radical (unpaired) electrons. The maximum Gasteiger partial charge on any atom is 0.267 e. The molecule has 1 aliphatic carbocycles. The topological polar surface area (TPSA) is 34.9 Å². The van der Waals surface area contributed by atoms with Crippen LogP contribution in [0.1, 0.15) is 25.0 Å². The van der Waals surface area contributed by atoms with Crippen LogP contribution < -0.4 is 5.56 Å². The minimum Gasteiger partial charge on any atom is -0.298 e. The summed E-state index contributed by atoms with van der Waals surface area (Å²) in [4.78, 5) is 16.3. The van der Waals surface area contributed by atoms with E-state index in [4.69, 9.17) is 0 Å². The van der Waals surface area contributed by atoms with E-state index in [1.165, 1.54) is 19.3 Å². The van der Waals surface area contributed by atoms with E-state index in [9.17, 15) is 4.79 Å². The van der Waals surface area contributed by atoms with Crippen LogP contribution in [0, 0.1) is 15.9 Å². The largest absolute Gasteiger partial charge is 0.298 e. The fourth-order valence-electron chi connectivity index (χ4n) is 2.03.